The third-order valence-electron chi connectivity index (χ3n) is 3.88. The first-order valence-corrected chi connectivity index (χ1v) is 5.56. The summed E-state index contributed by atoms with van der Waals surface area (Å²) in [6, 6.07) is 6.77. The smallest absolute Gasteiger partial charge is 0.123 e. The van der Waals surface area contributed by atoms with Crippen LogP contribution in [0.5, 0.6) is 0 Å². The minimum absolute atomic E-state index is 0.0843. The van der Waals surface area contributed by atoms with Crippen molar-refractivity contribution in [2.75, 3.05) is 19.8 Å². The Morgan fingerprint density at radius 3 is 2.56 bits per heavy atom. The van der Waals surface area contributed by atoms with Crippen LogP contribution in [0.3, 0.4) is 0 Å². The predicted molar refractivity (Wildman–Crippen MR) is 61.7 cm³/mol. The molecule has 88 valence electrons. The number of hydrogen-bond donors (Lipinski definition) is 1. The molecule has 16 heavy (non-hydrogen) atoms. The number of rotatable bonds is 3. The van der Waals surface area contributed by atoms with Crippen LogP contribution in [0.15, 0.2) is 24.3 Å². The van der Waals surface area contributed by atoms with Crippen molar-refractivity contribution in [2.45, 2.75) is 19.3 Å². The van der Waals surface area contributed by atoms with Crippen molar-refractivity contribution in [1.82, 2.24) is 0 Å². The van der Waals surface area contributed by atoms with Gasteiger partial charge in [-0.15, -0.1) is 0 Å². The Kier molecular flexibility index (Phi) is 2.76. The van der Waals surface area contributed by atoms with Crippen LogP contribution in [-0.2, 0) is 10.2 Å². The fourth-order valence-electron chi connectivity index (χ4n) is 2.24. The molecule has 3 heteroatoms. The molecule has 0 saturated carbocycles. The van der Waals surface area contributed by atoms with E-state index in [0.717, 1.165) is 5.56 Å². The fraction of sp³-hybridized carbons (Fsp3) is 0.538. The first-order chi connectivity index (χ1) is 7.52. The Bertz CT molecular complexity index is 385. The summed E-state index contributed by atoms with van der Waals surface area (Å²) in [7, 11) is 0. The highest BCUT2D eigenvalue weighted by molar-refractivity contribution is 5.31. The van der Waals surface area contributed by atoms with Gasteiger partial charge in [0.1, 0.15) is 5.82 Å². The molecule has 1 aromatic carbocycles. The number of ether oxygens (including phenoxy) is 1. The lowest BCUT2D eigenvalue weighted by Gasteiger charge is -2.52. The van der Waals surface area contributed by atoms with Crippen molar-refractivity contribution < 1.29 is 9.13 Å². The van der Waals surface area contributed by atoms with E-state index in [2.05, 4.69) is 13.8 Å². The van der Waals surface area contributed by atoms with Gasteiger partial charge in [-0.2, -0.15) is 0 Å². The molecule has 0 unspecified atom stereocenters. The SMILES string of the molecule is CC(C)(CN)C1(c2cccc(F)c2)COC1. The summed E-state index contributed by atoms with van der Waals surface area (Å²) >= 11 is 0. The third-order valence-corrected chi connectivity index (χ3v) is 3.88. The summed E-state index contributed by atoms with van der Waals surface area (Å²) in [5.41, 5.74) is 6.60. The summed E-state index contributed by atoms with van der Waals surface area (Å²) in [4.78, 5) is 0. The zero-order valence-corrected chi connectivity index (χ0v) is 9.79. The van der Waals surface area contributed by atoms with E-state index in [0.29, 0.717) is 19.8 Å². The zero-order valence-electron chi connectivity index (χ0n) is 9.79. The van der Waals surface area contributed by atoms with Gasteiger partial charge in [0, 0.05) is 5.41 Å². The molecule has 0 radical (unpaired) electrons. The van der Waals surface area contributed by atoms with E-state index in [-0.39, 0.29) is 16.6 Å². The molecule has 0 aromatic heterocycles. The van der Waals surface area contributed by atoms with E-state index in [1.165, 1.54) is 6.07 Å². The van der Waals surface area contributed by atoms with Crippen molar-refractivity contribution in [3.8, 4) is 0 Å². The lowest BCUT2D eigenvalue weighted by Crippen LogP contribution is -2.59. The zero-order chi connectivity index (χ0) is 11.8. The van der Waals surface area contributed by atoms with E-state index in [4.69, 9.17) is 10.5 Å². The minimum Gasteiger partial charge on any atom is -0.379 e. The number of benzene rings is 1. The Morgan fingerprint density at radius 2 is 2.12 bits per heavy atom. The highest BCUT2D eigenvalue weighted by Crippen LogP contribution is 2.46. The molecule has 1 aliphatic heterocycles. The molecule has 1 saturated heterocycles. The summed E-state index contributed by atoms with van der Waals surface area (Å²) in [6.07, 6.45) is 0. The second-order valence-corrected chi connectivity index (χ2v) is 5.17. The first-order valence-electron chi connectivity index (χ1n) is 5.56. The van der Waals surface area contributed by atoms with Gasteiger partial charge < -0.3 is 10.5 Å². The molecule has 0 atom stereocenters. The highest BCUT2D eigenvalue weighted by Gasteiger charge is 2.51. The molecule has 2 rings (SSSR count). The first kappa shape index (κ1) is 11.6. The van der Waals surface area contributed by atoms with Crippen molar-refractivity contribution in [1.29, 1.82) is 0 Å². The van der Waals surface area contributed by atoms with Gasteiger partial charge in [0.2, 0.25) is 0 Å². The van der Waals surface area contributed by atoms with Crippen LogP contribution in [0, 0.1) is 11.2 Å². The molecule has 0 spiro atoms. The average molecular weight is 223 g/mol. The van der Waals surface area contributed by atoms with Crippen LogP contribution < -0.4 is 5.73 Å². The van der Waals surface area contributed by atoms with Crippen LogP contribution in [-0.4, -0.2) is 19.8 Å². The van der Waals surface area contributed by atoms with E-state index < -0.39 is 0 Å². The van der Waals surface area contributed by atoms with E-state index in [1.807, 2.05) is 6.07 Å². The Hall–Kier alpha value is -0.930. The summed E-state index contributed by atoms with van der Waals surface area (Å²) in [6.45, 7) is 6.04. The standard InChI is InChI=1S/C13H18FNO/c1-12(2,7-15)13(8-16-9-13)10-4-3-5-11(14)6-10/h3-6H,7-9,15H2,1-2H3. The maximum Gasteiger partial charge on any atom is 0.123 e. The monoisotopic (exact) mass is 223 g/mol. The lowest BCUT2D eigenvalue weighted by molar-refractivity contribution is -0.116. The summed E-state index contributed by atoms with van der Waals surface area (Å²) in [5.74, 6) is -0.198. The minimum atomic E-state index is -0.198. The predicted octanol–water partition coefficient (Wildman–Crippen LogP) is 2.08. The maximum atomic E-state index is 13.3. The van der Waals surface area contributed by atoms with Gasteiger partial charge in [0.05, 0.1) is 13.2 Å². The largest absolute Gasteiger partial charge is 0.379 e. The van der Waals surface area contributed by atoms with Crippen molar-refractivity contribution in [2.24, 2.45) is 11.1 Å². The molecular weight excluding hydrogens is 205 g/mol. The van der Waals surface area contributed by atoms with Crippen molar-refractivity contribution >= 4 is 0 Å². The molecule has 2 nitrogen and oxygen atoms in total. The summed E-state index contributed by atoms with van der Waals surface area (Å²) < 4.78 is 18.6. The molecular formula is C13H18FNO. The van der Waals surface area contributed by atoms with Gasteiger partial charge in [-0.1, -0.05) is 26.0 Å². The molecule has 1 aromatic rings. The van der Waals surface area contributed by atoms with Crippen LogP contribution in [0.1, 0.15) is 19.4 Å². The van der Waals surface area contributed by atoms with E-state index in [9.17, 15) is 4.39 Å². The number of halogens is 1. The molecule has 0 amide bonds. The fourth-order valence-corrected chi connectivity index (χ4v) is 2.24. The topological polar surface area (TPSA) is 35.2 Å². The second kappa shape index (κ2) is 3.82. The molecule has 1 heterocycles. The van der Waals surface area contributed by atoms with Gasteiger partial charge in [0.15, 0.2) is 0 Å². The van der Waals surface area contributed by atoms with Crippen LogP contribution in [0.4, 0.5) is 4.39 Å². The van der Waals surface area contributed by atoms with Crippen LogP contribution in [0.2, 0.25) is 0 Å². The molecule has 1 fully saturated rings. The summed E-state index contributed by atoms with van der Waals surface area (Å²) in [5, 5.41) is 0. The van der Waals surface area contributed by atoms with Gasteiger partial charge in [-0.05, 0) is 29.7 Å². The Labute approximate surface area is 95.6 Å². The second-order valence-electron chi connectivity index (χ2n) is 5.17. The quantitative estimate of drug-likeness (QED) is 0.851. The molecule has 1 aliphatic rings. The highest BCUT2D eigenvalue weighted by atomic mass is 19.1. The Balaban J connectivity index is 2.43. The number of nitrogens with two attached hydrogens (primary N) is 1. The van der Waals surface area contributed by atoms with Crippen LogP contribution >= 0.6 is 0 Å². The van der Waals surface area contributed by atoms with Gasteiger partial charge in [0.25, 0.3) is 0 Å². The molecule has 0 bridgehead atoms. The molecule has 2 N–H and O–H groups in total. The number of hydrogen-bond acceptors (Lipinski definition) is 2. The van der Waals surface area contributed by atoms with Gasteiger partial charge in [-0.25, -0.2) is 4.39 Å². The van der Waals surface area contributed by atoms with E-state index in [1.54, 1.807) is 12.1 Å². The average Bonchev–Trinajstić information content (AvgIpc) is 2.15. The van der Waals surface area contributed by atoms with Crippen molar-refractivity contribution in [3.05, 3.63) is 35.6 Å². The third kappa shape index (κ3) is 1.55. The maximum absolute atomic E-state index is 13.3. The van der Waals surface area contributed by atoms with Gasteiger partial charge >= 0.3 is 0 Å². The normalized spacial score (nSPS) is 19.2. The van der Waals surface area contributed by atoms with Crippen LogP contribution in [0.25, 0.3) is 0 Å². The van der Waals surface area contributed by atoms with Gasteiger partial charge in [-0.3, -0.25) is 0 Å². The van der Waals surface area contributed by atoms with Crippen molar-refractivity contribution in [3.63, 3.8) is 0 Å². The lowest BCUT2D eigenvalue weighted by atomic mass is 9.60. The van der Waals surface area contributed by atoms with E-state index >= 15 is 0 Å². The molecule has 0 aliphatic carbocycles. The Morgan fingerprint density at radius 1 is 1.44 bits per heavy atom.